The minimum absolute atomic E-state index is 0.166. The number of nitrogens with one attached hydrogen (secondary N) is 1. The van der Waals surface area contributed by atoms with Crippen molar-refractivity contribution in [1.82, 2.24) is 0 Å². The van der Waals surface area contributed by atoms with Gasteiger partial charge >= 0.3 is 0 Å². The van der Waals surface area contributed by atoms with E-state index >= 15 is 0 Å². The van der Waals surface area contributed by atoms with E-state index in [-0.39, 0.29) is 11.8 Å². The van der Waals surface area contributed by atoms with Crippen LogP contribution in [0.1, 0.15) is 24.0 Å². The van der Waals surface area contributed by atoms with Crippen molar-refractivity contribution in [2.45, 2.75) is 19.3 Å². The standard InChI is InChI=1S/C11H13FN2O2/c1-6-8-4-7(2-3-16-13)5-9(12)10(8)14-11(6)15/h4-6H,2-3,13H2,1H3,(H,14,15). The molecule has 0 spiro atoms. The molecule has 1 heterocycles. The van der Waals surface area contributed by atoms with Crippen molar-refractivity contribution in [3.63, 3.8) is 0 Å². The van der Waals surface area contributed by atoms with Crippen LogP contribution in [0.25, 0.3) is 0 Å². The Balaban J connectivity index is 2.35. The Labute approximate surface area is 92.5 Å². The Morgan fingerprint density at radius 2 is 2.31 bits per heavy atom. The van der Waals surface area contributed by atoms with Gasteiger partial charge in [-0.25, -0.2) is 10.3 Å². The first kappa shape index (κ1) is 11.0. The van der Waals surface area contributed by atoms with Crippen LogP contribution < -0.4 is 11.2 Å². The number of benzene rings is 1. The molecule has 5 heteroatoms. The van der Waals surface area contributed by atoms with E-state index in [1.54, 1.807) is 6.92 Å². The molecule has 1 unspecified atom stereocenters. The number of halogens is 1. The molecular weight excluding hydrogens is 211 g/mol. The van der Waals surface area contributed by atoms with E-state index in [1.165, 1.54) is 6.07 Å². The van der Waals surface area contributed by atoms with Gasteiger partial charge in [0.05, 0.1) is 18.2 Å². The summed E-state index contributed by atoms with van der Waals surface area (Å²) in [7, 11) is 0. The molecular formula is C11H13FN2O2. The van der Waals surface area contributed by atoms with Gasteiger partial charge in [0.25, 0.3) is 0 Å². The van der Waals surface area contributed by atoms with E-state index in [1.807, 2.05) is 6.07 Å². The average Bonchev–Trinajstić information content (AvgIpc) is 2.54. The molecule has 0 saturated carbocycles. The van der Waals surface area contributed by atoms with Gasteiger partial charge in [0.15, 0.2) is 0 Å². The molecule has 1 aliphatic heterocycles. The van der Waals surface area contributed by atoms with Gasteiger partial charge in [-0.15, -0.1) is 0 Å². The molecule has 0 aliphatic carbocycles. The Hall–Kier alpha value is -1.46. The summed E-state index contributed by atoms with van der Waals surface area (Å²) in [5.74, 6) is 4.05. The summed E-state index contributed by atoms with van der Waals surface area (Å²) >= 11 is 0. The lowest BCUT2D eigenvalue weighted by molar-refractivity contribution is -0.116. The third-order valence-corrected chi connectivity index (χ3v) is 2.80. The number of rotatable bonds is 3. The number of carbonyl (C=O) groups is 1. The Bertz CT molecular complexity index is 434. The molecule has 3 N–H and O–H groups in total. The molecule has 0 bridgehead atoms. The highest BCUT2D eigenvalue weighted by atomic mass is 19.1. The van der Waals surface area contributed by atoms with Crippen LogP contribution >= 0.6 is 0 Å². The monoisotopic (exact) mass is 224 g/mol. The molecule has 1 aliphatic rings. The summed E-state index contributed by atoms with van der Waals surface area (Å²) in [6, 6.07) is 3.22. The lowest BCUT2D eigenvalue weighted by Crippen LogP contribution is -2.08. The molecule has 1 aromatic carbocycles. The second-order valence-electron chi connectivity index (χ2n) is 3.87. The van der Waals surface area contributed by atoms with Crippen LogP contribution in [0, 0.1) is 5.82 Å². The van der Waals surface area contributed by atoms with Crippen LogP contribution in [0.4, 0.5) is 10.1 Å². The molecule has 86 valence electrons. The van der Waals surface area contributed by atoms with Gasteiger partial charge in [-0.05, 0) is 30.5 Å². The molecule has 1 atom stereocenters. The summed E-state index contributed by atoms with van der Waals surface area (Å²) in [6.45, 7) is 2.08. The number of fused-ring (bicyclic) bond motifs is 1. The van der Waals surface area contributed by atoms with E-state index in [9.17, 15) is 9.18 Å². The van der Waals surface area contributed by atoms with Crippen molar-refractivity contribution >= 4 is 11.6 Å². The van der Waals surface area contributed by atoms with E-state index in [0.717, 1.165) is 5.56 Å². The predicted molar refractivity (Wildman–Crippen MR) is 57.3 cm³/mol. The number of hydrogen-bond acceptors (Lipinski definition) is 3. The van der Waals surface area contributed by atoms with Gasteiger partial charge in [-0.2, -0.15) is 0 Å². The van der Waals surface area contributed by atoms with E-state index in [4.69, 9.17) is 5.90 Å². The number of anilines is 1. The molecule has 0 saturated heterocycles. The summed E-state index contributed by atoms with van der Waals surface area (Å²) in [5, 5.41) is 2.53. The predicted octanol–water partition coefficient (Wildman–Crippen LogP) is 1.31. The fourth-order valence-electron chi connectivity index (χ4n) is 1.85. The summed E-state index contributed by atoms with van der Waals surface area (Å²) in [5.41, 5.74) is 1.79. The van der Waals surface area contributed by atoms with E-state index < -0.39 is 5.82 Å². The van der Waals surface area contributed by atoms with Crippen LogP contribution in [0.3, 0.4) is 0 Å². The second kappa shape index (κ2) is 4.19. The highest BCUT2D eigenvalue weighted by Gasteiger charge is 2.29. The number of carbonyl (C=O) groups excluding carboxylic acids is 1. The first-order chi connectivity index (χ1) is 7.63. The molecule has 2 rings (SSSR count). The molecule has 4 nitrogen and oxygen atoms in total. The third-order valence-electron chi connectivity index (χ3n) is 2.80. The maximum Gasteiger partial charge on any atom is 0.231 e. The molecule has 0 radical (unpaired) electrons. The van der Waals surface area contributed by atoms with Gasteiger partial charge in [-0.1, -0.05) is 6.07 Å². The topological polar surface area (TPSA) is 64.3 Å². The minimum atomic E-state index is -0.401. The maximum absolute atomic E-state index is 13.6. The van der Waals surface area contributed by atoms with Gasteiger partial charge < -0.3 is 10.2 Å². The van der Waals surface area contributed by atoms with Crippen LogP contribution in [-0.2, 0) is 16.1 Å². The number of hydrogen-bond donors (Lipinski definition) is 2. The van der Waals surface area contributed by atoms with Crippen LogP contribution in [-0.4, -0.2) is 12.5 Å². The molecule has 0 fully saturated rings. The summed E-state index contributed by atoms with van der Waals surface area (Å²) < 4.78 is 13.6. The van der Waals surface area contributed by atoms with Crippen LogP contribution in [0.2, 0.25) is 0 Å². The van der Waals surface area contributed by atoms with Crippen LogP contribution in [0.15, 0.2) is 12.1 Å². The summed E-state index contributed by atoms with van der Waals surface area (Å²) in [4.78, 5) is 15.8. The first-order valence-electron chi connectivity index (χ1n) is 5.08. The van der Waals surface area contributed by atoms with Crippen molar-refractivity contribution < 1.29 is 14.0 Å². The second-order valence-corrected chi connectivity index (χ2v) is 3.87. The highest BCUT2D eigenvalue weighted by molar-refractivity contribution is 6.02. The average molecular weight is 224 g/mol. The fraction of sp³-hybridized carbons (Fsp3) is 0.364. The quantitative estimate of drug-likeness (QED) is 0.761. The van der Waals surface area contributed by atoms with Crippen molar-refractivity contribution in [3.05, 3.63) is 29.1 Å². The Morgan fingerprint density at radius 1 is 1.56 bits per heavy atom. The van der Waals surface area contributed by atoms with Gasteiger partial charge in [0.2, 0.25) is 5.91 Å². The number of nitrogens with two attached hydrogens (primary N) is 1. The molecule has 0 aromatic heterocycles. The summed E-state index contributed by atoms with van der Waals surface area (Å²) in [6.07, 6.45) is 0.529. The zero-order valence-corrected chi connectivity index (χ0v) is 8.92. The highest BCUT2D eigenvalue weighted by Crippen LogP contribution is 2.35. The minimum Gasteiger partial charge on any atom is -0.323 e. The Morgan fingerprint density at radius 3 is 3.00 bits per heavy atom. The zero-order chi connectivity index (χ0) is 11.7. The van der Waals surface area contributed by atoms with E-state index in [2.05, 4.69) is 10.2 Å². The van der Waals surface area contributed by atoms with Crippen molar-refractivity contribution in [2.75, 3.05) is 11.9 Å². The Kier molecular flexibility index (Phi) is 2.89. The van der Waals surface area contributed by atoms with E-state index in [0.29, 0.717) is 24.3 Å². The van der Waals surface area contributed by atoms with Gasteiger partial charge in [0.1, 0.15) is 5.82 Å². The lowest BCUT2D eigenvalue weighted by Gasteiger charge is -2.06. The SMILES string of the molecule is CC1C(=O)Nc2c(F)cc(CCON)cc21. The van der Waals surface area contributed by atoms with Gasteiger partial charge in [0, 0.05) is 0 Å². The number of amides is 1. The van der Waals surface area contributed by atoms with Crippen molar-refractivity contribution in [2.24, 2.45) is 5.90 Å². The first-order valence-corrected chi connectivity index (χ1v) is 5.08. The fourth-order valence-corrected chi connectivity index (χ4v) is 1.85. The van der Waals surface area contributed by atoms with Crippen molar-refractivity contribution in [3.8, 4) is 0 Å². The normalized spacial score (nSPS) is 18.4. The maximum atomic E-state index is 13.6. The molecule has 1 aromatic rings. The largest absolute Gasteiger partial charge is 0.323 e. The zero-order valence-electron chi connectivity index (χ0n) is 8.92. The smallest absolute Gasteiger partial charge is 0.231 e. The van der Waals surface area contributed by atoms with Gasteiger partial charge in [-0.3, -0.25) is 4.79 Å². The van der Waals surface area contributed by atoms with Crippen molar-refractivity contribution in [1.29, 1.82) is 0 Å². The van der Waals surface area contributed by atoms with Crippen LogP contribution in [0.5, 0.6) is 0 Å². The molecule has 16 heavy (non-hydrogen) atoms. The lowest BCUT2D eigenvalue weighted by atomic mass is 9.99. The molecule has 1 amide bonds. The third kappa shape index (κ3) is 1.79.